The molecule has 0 aliphatic heterocycles. The van der Waals surface area contributed by atoms with Crippen molar-refractivity contribution in [3.63, 3.8) is 0 Å². The zero-order chi connectivity index (χ0) is 14.6. The van der Waals surface area contributed by atoms with E-state index >= 15 is 0 Å². The van der Waals surface area contributed by atoms with Gasteiger partial charge in [-0.15, -0.1) is 0 Å². The van der Waals surface area contributed by atoms with Gasteiger partial charge in [0.25, 0.3) is 5.72 Å². The predicted octanol–water partition coefficient (Wildman–Crippen LogP) is 2.87. The maximum absolute atomic E-state index is 12.1. The van der Waals surface area contributed by atoms with E-state index in [4.69, 9.17) is 21.1 Å². The van der Waals surface area contributed by atoms with Gasteiger partial charge in [-0.1, -0.05) is 11.6 Å². The highest BCUT2D eigenvalue weighted by Gasteiger charge is 2.40. The summed E-state index contributed by atoms with van der Waals surface area (Å²) in [6.07, 6.45) is 0. The fourth-order valence-electron chi connectivity index (χ4n) is 1.52. The van der Waals surface area contributed by atoms with Gasteiger partial charge in [-0.25, -0.2) is 4.79 Å². The minimum absolute atomic E-state index is 0.311. The fraction of sp³-hybridized carbons (Fsp3) is 0.500. The third kappa shape index (κ3) is 3.61. The van der Waals surface area contributed by atoms with Crippen molar-refractivity contribution in [3.8, 4) is 5.75 Å². The number of likely N-dealkylation sites (N-methyl/N-ethyl adjacent to an activating group) is 1. The molecule has 1 rings (SSSR count). The van der Waals surface area contributed by atoms with Crippen molar-refractivity contribution >= 4 is 17.6 Å². The van der Waals surface area contributed by atoms with Gasteiger partial charge in [0.2, 0.25) is 0 Å². The van der Waals surface area contributed by atoms with Gasteiger partial charge in [0.15, 0.2) is 0 Å². The van der Waals surface area contributed by atoms with Crippen LogP contribution in [0.4, 0.5) is 0 Å². The SMILES string of the molecule is CCOC(=O)[C@@](C)(Oc1ccc(Cl)cc1C)N(C)C. The molecule has 0 spiro atoms. The van der Waals surface area contributed by atoms with Crippen LogP contribution >= 0.6 is 11.6 Å². The number of hydrogen-bond acceptors (Lipinski definition) is 4. The van der Waals surface area contributed by atoms with Crippen LogP contribution in [0.15, 0.2) is 18.2 Å². The van der Waals surface area contributed by atoms with Gasteiger partial charge in [0.05, 0.1) is 6.61 Å². The second-order valence-corrected chi connectivity index (χ2v) is 5.05. The molecule has 0 heterocycles. The molecule has 1 atom stereocenters. The summed E-state index contributed by atoms with van der Waals surface area (Å²) in [5.41, 5.74) is -0.306. The Labute approximate surface area is 119 Å². The quantitative estimate of drug-likeness (QED) is 0.616. The van der Waals surface area contributed by atoms with Gasteiger partial charge < -0.3 is 9.47 Å². The molecule has 0 aliphatic rings. The summed E-state index contributed by atoms with van der Waals surface area (Å²) in [5.74, 6) is 0.183. The third-order valence-corrected chi connectivity index (χ3v) is 3.19. The zero-order valence-corrected chi connectivity index (χ0v) is 12.7. The second kappa shape index (κ2) is 6.26. The second-order valence-electron chi connectivity index (χ2n) is 4.61. The zero-order valence-electron chi connectivity index (χ0n) is 12.0. The van der Waals surface area contributed by atoms with Crippen molar-refractivity contribution in [2.24, 2.45) is 0 Å². The summed E-state index contributed by atoms with van der Waals surface area (Å²) in [4.78, 5) is 13.8. The molecule has 1 aromatic rings. The van der Waals surface area contributed by atoms with Gasteiger partial charge in [0.1, 0.15) is 5.75 Å². The van der Waals surface area contributed by atoms with Gasteiger partial charge in [-0.3, -0.25) is 4.90 Å². The molecule has 0 saturated heterocycles. The van der Waals surface area contributed by atoms with Crippen LogP contribution in [0.3, 0.4) is 0 Å². The molecule has 0 aliphatic carbocycles. The first-order valence-corrected chi connectivity index (χ1v) is 6.49. The highest BCUT2D eigenvalue weighted by molar-refractivity contribution is 6.30. The smallest absolute Gasteiger partial charge is 0.366 e. The van der Waals surface area contributed by atoms with Gasteiger partial charge in [0, 0.05) is 11.9 Å². The van der Waals surface area contributed by atoms with Crippen LogP contribution in [-0.2, 0) is 9.53 Å². The lowest BCUT2D eigenvalue weighted by atomic mass is 10.2. The number of hydrogen-bond donors (Lipinski definition) is 0. The maximum atomic E-state index is 12.1. The Morgan fingerprint density at radius 2 is 2.05 bits per heavy atom. The molecule has 0 fully saturated rings. The lowest BCUT2D eigenvalue weighted by molar-refractivity contribution is -0.174. The monoisotopic (exact) mass is 285 g/mol. The number of ether oxygens (including phenoxy) is 2. The van der Waals surface area contributed by atoms with E-state index in [1.165, 1.54) is 0 Å². The van der Waals surface area contributed by atoms with E-state index in [1.807, 2.05) is 6.92 Å². The van der Waals surface area contributed by atoms with Crippen molar-refractivity contribution in [3.05, 3.63) is 28.8 Å². The van der Waals surface area contributed by atoms with E-state index in [0.29, 0.717) is 17.4 Å². The third-order valence-electron chi connectivity index (χ3n) is 2.95. The van der Waals surface area contributed by atoms with Gasteiger partial charge in [-0.05, 0) is 51.7 Å². The van der Waals surface area contributed by atoms with Crippen molar-refractivity contribution in [1.29, 1.82) is 0 Å². The first-order chi connectivity index (χ1) is 8.81. The highest BCUT2D eigenvalue weighted by atomic mass is 35.5. The van der Waals surface area contributed by atoms with E-state index in [1.54, 1.807) is 51.0 Å². The molecule has 0 bridgehead atoms. The maximum Gasteiger partial charge on any atom is 0.366 e. The standard InChI is InChI=1S/C14H20ClNO3/c1-6-18-13(17)14(3,16(4)5)19-12-8-7-11(15)9-10(12)2/h7-9H,6H2,1-5H3/t14-/m1/s1. The van der Waals surface area contributed by atoms with Gasteiger partial charge in [-0.2, -0.15) is 0 Å². The Kier molecular flexibility index (Phi) is 5.20. The molecule has 0 aromatic heterocycles. The summed E-state index contributed by atoms with van der Waals surface area (Å²) in [6.45, 7) is 5.63. The molecule has 0 unspecified atom stereocenters. The van der Waals surface area contributed by atoms with Crippen LogP contribution in [0.25, 0.3) is 0 Å². The number of benzene rings is 1. The number of carbonyl (C=O) groups is 1. The number of halogens is 1. The topological polar surface area (TPSA) is 38.8 Å². The molecular weight excluding hydrogens is 266 g/mol. The van der Waals surface area contributed by atoms with Crippen LogP contribution in [0, 0.1) is 6.92 Å². The predicted molar refractivity (Wildman–Crippen MR) is 75.5 cm³/mol. The Morgan fingerprint density at radius 3 is 2.53 bits per heavy atom. The summed E-state index contributed by atoms with van der Waals surface area (Å²) in [7, 11) is 3.53. The Hall–Kier alpha value is -1.26. The van der Waals surface area contributed by atoms with E-state index in [-0.39, 0.29) is 0 Å². The molecule has 0 saturated carbocycles. The van der Waals surface area contributed by atoms with Crippen LogP contribution < -0.4 is 4.74 Å². The number of aryl methyl sites for hydroxylation is 1. The Morgan fingerprint density at radius 1 is 1.42 bits per heavy atom. The summed E-state index contributed by atoms with van der Waals surface area (Å²) >= 11 is 5.91. The van der Waals surface area contributed by atoms with Crippen molar-refractivity contribution in [2.45, 2.75) is 26.5 Å². The number of carbonyl (C=O) groups excluding carboxylic acids is 1. The molecule has 0 radical (unpaired) electrons. The van der Waals surface area contributed by atoms with Crippen LogP contribution in [0.5, 0.6) is 5.75 Å². The molecule has 19 heavy (non-hydrogen) atoms. The van der Waals surface area contributed by atoms with Crippen LogP contribution in [0.2, 0.25) is 5.02 Å². The van der Waals surface area contributed by atoms with Crippen LogP contribution in [0.1, 0.15) is 19.4 Å². The Bertz CT molecular complexity index is 462. The summed E-state index contributed by atoms with van der Waals surface area (Å²) < 4.78 is 10.9. The number of esters is 1. The molecular formula is C14H20ClNO3. The molecule has 5 heteroatoms. The average Bonchev–Trinajstić information content (AvgIpc) is 2.32. The molecule has 0 N–H and O–H groups in total. The highest BCUT2D eigenvalue weighted by Crippen LogP contribution is 2.27. The minimum Gasteiger partial charge on any atom is -0.462 e. The first kappa shape index (κ1) is 15.8. The number of nitrogens with zero attached hydrogens (tertiary/aromatic N) is 1. The minimum atomic E-state index is -1.17. The van der Waals surface area contributed by atoms with E-state index in [2.05, 4.69) is 0 Å². The van der Waals surface area contributed by atoms with E-state index in [0.717, 1.165) is 5.56 Å². The molecule has 4 nitrogen and oxygen atoms in total. The normalized spacial score (nSPS) is 14.1. The van der Waals surface area contributed by atoms with E-state index in [9.17, 15) is 4.79 Å². The fourth-order valence-corrected chi connectivity index (χ4v) is 1.75. The average molecular weight is 286 g/mol. The van der Waals surface area contributed by atoms with Gasteiger partial charge >= 0.3 is 5.97 Å². The first-order valence-electron chi connectivity index (χ1n) is 6.11. The van der Waals surface area contributed by atoms with E-state index < -0.39 is 11.7 Å². The van der Waals surface area contributed by atoms with Crippen LogP contribution in [-0.4, -0.2) is 37.3 Å². The number of rotatable bonds is 5. The lowest BCUT2D eigenvalue weighted by Gasteiger charge is -2.34. The van der Waals surface area contributed by atoms with Crippen molar-refractivity contribution in [2.75, 3.05) is 20.7 Å². The molecule has 1 aromatic carbocycles. The largest absolute Gasteiger partial charge is 0.462 e. The summed E-state index contributed by atoms with van der Waals surface area (Å²) in [5, 5.41) is 0.632. The Balaban J connectivity index is 3.05. The summed E-state index contributed by atoms with van der Waals surface area (Å²) in [6, 6.07) is 5.27. The molecule has 106 valence electrons. The van der Waals surface area contributed by atoms with Crippen molar-refractivity contribution in [1.82, 2.24) is 4.90 Å². The van der Waals surface area contributed by atoms with Crippen molar-refractivity contribution < 1.29 is 14.3 Å². The lowest BCUT2D eigenvalue weighted by Crippen LogP contribution is -2.54. The molecule has 0 amide bonds.